The topological polar surface area (TPSA) is 47.6 Å². The lowest BCUT2D eigenvalue weighted by Gasteiger charge is -2.27. The number of ketones is 1. The van der Waals surface area contributed by atoms with Gasteiger partial charge in [-0.15, -0.1) is 11.3 Å². The standard InChI is InChI=1S/C34H37NO3S/c1-37-27-17-18-29-31(22-27)39-34(25-9-3-2-4-10-25)32(29)33(36)24-13-15-26(16-14-24)38-21-7-12-30-28-11-6-5-8-23(28)19-20-35-30/h5-6,8,11,13-18,22,25,30,35H,2-4,7,9-10,12,19-21H2,1H3. The van der Waals surface area contributed by atoms with Crippen LogP contribution in [-0.4, -0.2) is 26.0 Å². The third kappa shape index (κ3) is 5.61. The first-order valence-corrected chi connectivity index (χ1v) is 15.2. The van der Waals surface area contributed by atoms with Crippen LogP contribution < -0.4 is 14.8 Å². The fourth-order valence-corrected chi connectivity index (χ4v) is 7.68. The molecule has 1 N–H and O–H groups in total. The van der Waals surface area contributed by atoms with Gasteiger partial charge in [0.1, 0.15) is 11.5 Å². The summed E-state index contributed by atoms with van der Waals surface area (Å²) in [6.07, 6.45) is 9.24. The van der Waals surface area contributed by atoms with E-state index < -0.39 is 0 Å². The lowest BCUT2D eigenvalue weighted by atomic mass is 9.85. The molecular formula is C34H37NO3S. The third-order valence-electron chi connectivity index (χ3n) is 8.37. The molecule has 1 saturated carbocycles. The highest BCUT2D eigenvalue weighted by Crippen LogP contribution is 2.44. The molecule has 1 atom stereocenters. The van der Waals surface area contributed by atoms with Crippen LogP contribution in [-0.2, 0) is 6.42 Å². The second-order valence-corrected chi connectivity index (χ2v) is 11.9. The SMILES string of the molecule is COc1ccc2c(C(=O)c3ccc(OCCCC4NCCc5ccccc54)cc3)c(C3CCCCC3)sc2c1. The van der Waals surface area contributed by atoms with Gasteiger partial charge in [-0.05, 0) is 98.2 Å². The van der Waals surface area contributed by atoms with Gasteiger partial charge in [-0.3, -0.25) is 4.79 Å². The Bertz CT molecular complexity index is 1430. The van der Waals surface area contributed by atoms with Gasteiger partial charge in [-0.1, -0.05) is 43.5 Å². The van der Waals surface area contributed by atoms with E-state index in [-0.39, 0.29) is 5.78 Å². The van der Waals surface area contributed by atoms with Crippen LogP contribution in [0.2, 0.25) is 0 Å². The zero-order valence-corrected chi connectivity index (χ0v) is 23.5. The summed E-state index contributed by atoms with van der Waals surface area (Å²) in [7, 11) is 1.69. The predicted octanol–water partition coefficient (Wildman–Crippen LogP) is 8.23. The molecule has 6 rings (SSSR count). The first-order valence-electron chi connectivity index (χ1n) is 14.4. The fraction of sp³-hybridized carbons (Fsp3) is 0.382. The van der Waals surface area contributed by atoms with E-state index in [9.17, 15) is 4.79 Å². The molecule has 202 valence electrons. The molecule has 4 nitrogen and oxygen atoms in total. The van der Waals surface area contributed by atoms with E-state index in [0.717, 1.165) is 58.5 Å². The van der Waals surface area contributed by atoms with Crippen molar-refractivity contribution in [1.29, 1.82) is 0 Å². The molecule has 3 aromatic carbocycles. The second kappa shape index (κ2) is 11.9. The Hall–Kier alpha value is -3.15. The van der Waals surface area contributed by atoms with Crippen molar-refractivity contribution >= 4 is 27.2 Å². The first-order chi connectivity index (χ1) is 19.2. The Balaban J connectivity index is 1.14. The molecule has 1 fully saturated rings. The molecule has 0 radical (unpaired) electrons. The quantitative estimate of drug-likeness (QED) is 0.172. The molecule has 1 aliphatic carbocycles. The minimum absolute atomic E-state index is 0.112. The van der Waals surface area contributed by atoms with Gasteiger partial charge < -0.3 is 14.8 Å². The molecule has 5 heteroatoms. The van der Waals surface area contributed by atoms with Gasteiger partial charge in [0.25, 0.3) is 0 Å². The minimum Gasteiger partial charge on any atom is -0.497 e. The summed E-state index contributed by atoms with van der Waals surface area (Å²) in [5.74, 6) is 2.23. The van der Waals surface area contributed by atoms with E-state index in [1.165, 1.54) is 48.1 Å². The molecule has 2 heterocycles. The van der Waals surface area contributed by atoms with Gasteiger partial charge >= 0.3 is 0 Å². The zero-order chi connectivity index (χ0) is 26.6. The van der Waals surface area contributed by atoms with Crippen LogP contribution in [0.1, 0.15) is 88.8 Å². The molecule has 1 unspecified atom stereocenters. The van der Waals surface area contributed by atoms with Crippen LogP contribution in [0.5, 0.6) is 11.5 Å². The summed E-state index contributed by atoms with van der Waals surface area (Å²) >= 11 is 1.78. The van der Waals surface area contributed by atoms with Crippen LogP contribution in [0.3, 0.4) is 0 Å². The van der Waals surface area contributed by atoms with Crippen LogP contribution >= 0.6 is 11.3 Å². The zero-order valence-electron chi connectivity index (χ0n) is 22.7. The smallest absolute Gasteiger partial charge is 0.194 e. The van der Waals surface area contributed by atoms with Gasteiger partial charge in [-0.2, -0.15) is 0 Å². The minimum atomic E-state index is 0.112. The van der Waals surface area contributed by atoms with E-state index in [1.54, 1.807) is 18.4 Å². The molecule has 4 aromatic rings. The van der Waals surface area contributed by atoms with Crippen molar-refractivity contribution < 1.29 is 14.3 Å². The summed E-state index contributed by atoms with van der Waals surface area (Å²) in [6.45, 7) is 1.70. The van der Waals surface area contributed by atoms with E-state index in [2.05, 4.69) is 41.7 Å². The van der Waals surface area contributed by atoms with Gasteiger partial charge in [0, 0.05) is 32.1 Å². The average Bonchev–Trinajstić information content (AvgIpc) is 3.38. The highest BCUT2D eigenvalue weighted by Gasteiger charge is 2.27. The number of nitrogens with one attached hydrogen (secondary N) is 1. The summed E-state index contributed by atoms with van der Waals surface area (Å²) in [4.78, 5) is 15.2. The number of hydrogen-bond donors (Lipinski definition) is 1. The van der Waals surface area contributed by atoms with E-state index in [1.807, 2.05) is 30.3 Å². The summed E-state index contributed by atoms with van der Waals surface area (Å²) < 4.78 is 12.7. The second-order valence-electron chi connectivity index (χ2n) is 10.8. The Labute approximate surface area is 235 Å². The Morgan fingerprint density at radius 2 is 1.77 bits per heavy atom. The maximum Gasteiger partial charge on any atom is 0.194 e. The molecule has 0 bridgehead atoms. The predicted molar refractivity (Wildman–Crippen MR) is 160 cm³/mol. The van der Waals surface area contributed by atoms with Crippen molar-refractivity contribution in [3.8, 4) is 11.5 Å². The monoisotopic (exact) mass is 539 g/mol. The Morgan fingerprint density at radius 3 is 2.59 bits per heavy atom. The number of thiophene rings is 1. The average molecular weight is 540 g/mol. The van der Waals surface area contributed by atoms with Crippen molar-refractivity contribution in [2.75, 3.05) is 20.3 Å². The molecule has 39 heavy (non-hydrogen) atoms. The van der Waals surface area contributed by atoms with E-state index >= 15 is 0 Å². The van der Waals surface area contributed by atoms with Crippen LogP contribution in [0.15, 0.2) is 66.7 Å². The number of methoxy groups -OCH3 is 1. The fourth-order valence-electron chi connectivity index (χ4n) is 6.28. The van der Waals surface area contributed by atoms with Crippen LogP contribution in [0.4, 0.5) is 0 Å². The van der Waals surface area contributed by atoms with Gasteiger partial charge in [0.05, 0.1) is 13.7 Å². The van der Waals surface area contributed by atoms with Gasteiger partial charge in [-0.25, -0.2) is 0 Å². The van der Waals surface area contributed by atoms with Gasteiger partial charge in [0.2, 0.25) is 0 Å². The number of fused-ring (bicyclic) bond motifs is 2. The lowest BCUT2D eigenvalue weighted by molar-refractivity contribution is 0.103. The van der Waals surface area contributed by atoms with Crippen LogP contribution in [0.25, 0.3) is 10.1 Å². The first kappa shape index (κ1) is 26.1. The normalized spacial score (nSPS) is 17.6. The third-order valence-corrected chi connectivity index (χ3v) is 9.68. The van der Waals surface area contributed by atoms with Crippen molar-refractivity contribution in [3.05, 3.63) is 93.9 Å². The van der Waals surface area contributed by atoms with E-state index in [4.69, 9.17) is 9.47 Å². The number of rotatable bonds is 9. The highest BCUT2D eigenvalue weighted by molar-refractivity contribution is 7.19. The molecule has 1 aliphatic heterocycles. The molecular weight excluding hydrogens is 502 g/mol. The maximum absolute atomic E-state index is 13.9. The Kier molecular flexibility index (Phi) is 7.98. The summed E-state index contributed by atoms with van der Waals surface area (Å²) in [5, 5.41) is 4.70. The molecule has 0 spiro atoms. The number of ether oxygens (including phenoxy) is 2. The van der Waals surface area contributed by atoms with Crippen molar-refractivity contribution in [2.24, 2.45) is 0 Å². The number of carbonyl (C=O) groups excluding carboxylic acids is 1. The van der Waals surface area contributed by atoms with Crippen molar-refractivity contribution in [3.63, 3.8) is 0 Å². The van der Waals surface area contributed by atoms with Crippen LogP contribution in [0, 0.1) is 0 Å². The Morgan fingerprint density at radius 1 is 0.974 bits per heavy atom. The number of hydrogen-bond acceptors (Lipinski definition) is 5. The maximum atomic E-state index is 13.9. The number of benzene rings is 3. The van der Waals surface area contributed by atoms with Crippen molar-refractivity contribution in [1.82, 2.24) is 5.32 Å². The highest BCUT2D eigenvalue weighted by atomic mass is 32.1. The van der Waals surface area contributed by atoms with Crippen molar-refractivity contribution in [2.45, 2.75) is 63.3 Å². The molecule has 1 aromatic heterocycles. The molecule has 0 amide bonds. The van der Waals surface area contributed by atoms with Gasteiger partial charge in [0.15, 0.2) is 5.78 Å². The number of carbonyl (C=O) groups is 1. The molecule has 0 saturated heterocycles. The summed E-state index contributed by atoms with van der Waals surface area (Å²) in [6, 6.07) is 23.0. The lowest BCUT2D eigenvalue weighted by Crippen LogP contribution is -2.30. The molecule has 2 aliphatic rings. The van der Waals surface area contributed by atoms with E-state index in [0.29, 0.717) is 18.6 Å². The summed E-state index contributed by atoms with van der Waals surface area (Å²) in [5.41, 5.74) is 4.50. The largest absolute Gasteiger partial charge is 0.497 e.